The maximum absolute atomic E-state index is 13.3. The second kappa shape index (κ2) is 9.11. The molecule has 0 saturated carbocycles. The van der Waals surface area contributed by atoms with Crippen LogP contribution in [0.15, 0.2) is 47.0 Å². The summed E-state index contributed by atoms with van der Waals surface area (Å²) in [5.41, 5.74) is 0.695. The molecular formula is C23H26N2O5S. The van der Waals surface area contributed by atoms with E-state index in [0.717, 1.165) is 25.9 Å². The number of hydrogen-bond donors (Lipinski definition) is 1. The third-order valence-corrected chi connectivity index (χ3v) is 6.75. The van der Waals surface area contributed by atoms with Gasteiger partial charge in [0.05, 0.1) is 30.7 Å². The Hall–Kier alpha value is -2.84. The Labute approximate surface area is 185 Å². The zero-order valence-corrected chi connectivity index (χ0v) is 18.5. The lowest BCUT2D eigenvalue weighted by atomic mass is 9.94. The minimum Gasteiger partial charge on any atom is -0.503 e. The van der Waals surface area contributed by atoms with Crippen molar-refractivity contribution in [2.45, 2.75) is 18.9 Å². The van der Waals surface area contributed by atoms with Crippen LogP contribution < -0.4 is 9.47 Å². The number of Topliss-reactive ketones (excluding diaryl/α,β-unsaturated/α-hetero) is 1. The van der Waals surface area contributed by atoms with Gasteiger partial charge in [-0.1, -0.05) is 6.07 Å². The van der Waals surface area contributed by atoms with Crippen LogP contribution in [0.4, 0.5) is 0 Å². The molecule has 4 rings (SSSR count). The van der Waals surface area contributed by atoms with E-state index in [0.29, 0.717) is 35.0 Å². The highest BCUT2D eigenvalue weighted by Crippen LogP contribution is 2.43. The quantitative estimate of drug-likeness (QED) is 0.631. The summed E-state index contributed by atoms with van der Waals surface area (Å²) in [5, 5.41) is 12.6. The number of hydrogen-bond acceptors (Lipinski definition) is 7. The van der Waals surface area contributed by atoms with Crippen LogP contribution in [0.5, 0.6) is 11.5 Å². The van der Waals surface area contributed by atoms with Crippen molar-refractivity contribution >= 4 is 23.0 Å². The zero-order valence-electron chi connectivity index (χ0n) is 17.7. The van der Waals surface area contributed by atoms with Crippen molar-refractivity contribution in [3.8, 4) is 11.5 Å². The Kier molecular flexibility index (Phi) is 6.29. The van der Waals surface area contributed by atoms with E-state index in [1.165, 1.54) is 11.3 Å². The van der Waals surface area contributed by atoms with Crippen molar-refractivity contribution in [1.29, 1.82) is 0 Å². The number of rotatable bonds is 8. The summed E-state index contributed by atoms with van der Waals surface area (Å²) in [5.74, 6) is -0.268. The summed E-state index contributed by atoms with van der Waals surface area (Å²) >= 11 is 1.28. The van der Waals surface area contributed by atoms with Crippen LogP contribution in [0.2, 0.25) is 0 Å². The number of carbonyl (C=O) groups excluding carboxylic acids is 2. The fourth-order valence-corrected chi connectivity index (χ4v) is 4.97. The molecule has 2 aliphatic heterocycles. The third kappa shape index (κ3) is 4.05. The Morgan fingerprint density at radius 1 is 1.16 bits per heavy atom. The van der Waals surface area contributed by atoms with Crippen molar-refractivity contribution < 1.29 is 24.2 Å². The van der Waals surface area contributed by atoms with Gasteiger partial charge in [0.15, 0.2) is 5.76 Å². The van der Waals surface area contributed by atoms with E-state index in [9.17, 15) is 14.7 Å². The standard InChI is InChI=1S/C23H26N2O5S/c1-29-15-7-8-17(30-2)16(14-15)20-19(21(26)18-6-5-13-31-18)22(27)23(28)25(20)12-11-24-9-3-4-10-24/h5-8,13-14,20,27H,3-4,9-12H2,1-2H3. The number of amides is 1. The fourth-order valence-electron chi connectivity index (χ4n) is 4.29. The molecule has 0 bridgehead atoms. The van der Waals surface area contributed by atoms with Gasteiger partial charge in [-0.2, -0.15) is 0 Å². The second-order valence-electron chi connectivity index (χ2n) is 7.63. The number of benzene rings is 1. The van der Waals surface area contributed by atoms with Gasteiger partial charge in [-0.25, -0.2) is 0 Å². The first kappa shape index (κ1) is 21.4. The van der Waals surface area contributed by atoms with Crippen molar-refractivity contribution in [1.82, 2.24) is 9.80 Å². The van der Waals surface area contributed by atoms with Crippen molar-refractivity contribution in [3.63, 3.8) is 0 Å². The van der Waals surface area contributed by atoms with Gasteiger partial charge in [-0.15, -0.1) is 11.3 Å². The minimum atomic E-state index is -0.755. The van der Waals surface area contributed by atoms with E-state index in [2.05, 4.69) is 4.90 Å². The van der Waals surface area contributed by atoms with Crippen LogP contribution in [0, 0.1) is 0 Å². The van der Waals surface area contributed by atoms with Gasteiger partial charge in [-0.05, 0) is 55.6 Å². The van der Waals surface area contributed by atoms with Gasteiger partial charge in [0.1, 0.15) is 11.5 Å². The fraction of sp³-hybridized carbons (Fsp3) is 0.391. The molecule has 2 aromatic rings. The van der Waals surface area contributed by atoms with E-state index in [-0.39, 0.29) is 11.4 Å². The normalized spacial score (nSPS) is 19.4. The molecule has 8 heteroatoms. The molecular weight excluding hydrogens is 416 g/mol. The number of likely N-dealkylation sites (tertiary alicyclic amines) is 1. The molecule has 7 nitrogen and oxygen atoms in total. The lowest BCUT2D eigenvalue weighted by Gasteiger charge is -2.29. The summed E-state index contributed by atoms with van der Waals surface area (Å²) in [6.45, 7) is 3.07. The molecule has 1 aromatic heterocycles. The van der Waals surface area contributed by atoms with Crippen molar-refractivity contribution in [2.75, 3.05) is 40.4 Å². The van der Waals surface area contributed by atoms with E-state index >= 15 is 0 Å². The van der Waals surface area contributed by atoms with E-state index < -0.39 is 17.7 Å². The average molecular weight is 443 g/mol. The van der Waals surface area contributed by atoms with Gasteiger partial charge < -0.3 is 24.4 Å². The lowest BCUT2D eigenvalue weighted by molar-refractivity contribution is -0.129. The molecule has 0 aliphatic carbocycles. The summed E-state index contributed by atoms with van der Waals surface area (Å²) < 4.78 is 10.9. The molecule has 164 valence electrons. The first-order valence-electron chi connectivity index (χ1n) is 10.3. The Bertz CT molecular complexity index is 995. The number of methoxy groups -OCH3 is 2. The van der Waals surface area contributed by atoms with Crippen LogP contribution in [0.3, 0.4) is 0 Å². The SMILES string of the molecule is COc1ccc(OC)c(C2C(C(=O)c3cccs3)=C(O)C(=O)N2CCN2CCCC2)c1. The highest BCUT2D eigenvalue weighted by molar-refractivity contribution is 7.12. The zero-order chi connectivity index (χ0) is 22.0. The number of thiophene rings is 1. The molecule has 3 heterocycles. The van der Waals surface area contributed by atoms with Crippen LogP contribution in [-0.2, 0) is 4.79 Å². The second-order valence-corrected chi connectivity index (χ2v) is 8.57. The van der Waals surface area contributed by atoms with Gasteiger partial charge in [0.25, 0.3) is 5.91 Å². The average Bonchev–Trinajstić information content (AvgIpc) is 3.54. The summed E-state index contributed by atoms with van der Waals surface area (Å²) in [4.78, 5) is 30.8. The summed E-state index contributed by atoms with van der Waals surface area (Å²) in [6, 6.07) is 8.00. The monoisotopic (exact) mass is 442 g/mol. The van der Waals surface area contributed by atoms with Crippen LogP contribution >= 0.6 is 11.3 Å². The molecule has 1 unspecified atom stereocenters. The van der Waals surface area contributed by atoms with Gasteiger partial charge in [-0.3, -0.25) is 9.59 Å². The molecule has 2 aliphatic rings. The molecule has 0 radical (unpaired) electrons. The van der Waals surface area contributed by atoms with E-state index in [4.69, 9.17) is 9.47 Å². The summed E-state index contributed by atoms with van der Waals surface area (Å²) in [6.07, 6.45) is 2.29. The Morgan fingerprint density at radius 2 is 1.94 bits per heavy atom. The number of aliphatic hydroxyl groups excluding tert-OH is 1. The minimum absolute atomic E-state index is 0.0837. The van der Waals surface area contributed by atoms with Crippen molar-refractivity contribution in [2.24, 2.45) is 0 Å². The lowest BCUT2D eigenvalue weighted by Crippen LogP contribution is -2.38. The molecule has 1 N–H and O–H groups in total. The van der Waals surface area contributed by atoms with Gasteiger partial charge in [0.2, 0.25) is 5.78 Å². The number of aliphatic hydroxyl groups is 1. The smallest absolute Gasteiger partial charge is 0.290 e. The molecule has 0 spiro atoms. The highest BCUT2D eigenvalue weighted by Gasteiger charge is 2.45. The highest BCUT2D eigenvalue weighted by atomic mass is 32.1. The molecule has 1 atom stereocenters. The van der Waals surface area contributed by atoms with E-state index in [1.807, 2.05) is 0 Å². The number of carbonyl (C=O) groups is 2. The molecule has 1 saturated heterocycles. The predicted molar refractivity (Wildman–Crippen MR) is 118 cm³/mol. The Balaban J connectivity index is 1.77. The maximum Gasteiger partial charge on any atom is 0.290 e. The molecule has 1 fully saturated rings. The van der Waals surface area contributed by atoms with Crippen LogP contribution in [0.1, 0.15) is 34.1 Å². The molecule has 1 aromatic carbocycles. The number of ketones is 1. The largest absolute Gasteiger partial charge is 0.503 e. The molecule has 31 heavy (non-hydrogen) atoms. The van der Waals surface area contributed by atoms with Crippen LogP contribution in [-0.4, -0.2) is 67.0 Å². The van der Waals surface area contributed by atoms with Gasteiger partial charge in [0, 0.05) is 18.7 Å². The van der Waals surface area contributed by atoms with Gasteiger partial charge >= 0.3 is 0 Å². The topological polar surface area (TPSA) is 79.3 Å². The molecule has 1 amide bonds. The maximum atomic E-state index is 13.3. The third-order valence-electron chi connectivity index (χ3n) is 5.88. The number of nitrogens with zero attached hydrogens (tertiary/aromatic N) is 2. The first-order chi connectivity index (χ1) is 15.0. The van der Waals surface area contributed by atoms with Crippen LogP contribution in [0.25, 0.3) is 0 Å². The number of ether oxygens (including phenoxy) is 2. The van der Waals surface area contributed by atoms with Crippen molar-refractivity contribution in [3.05, 3.63) is 57.5 Å². The summed E-state index contributed by atoms with van der Waals surface area (Å²) in [7, 11) is 3.10. The predicted octanol–water partition coefficient (Wildman–Crippen LogP) is 3.44. The first-order valence-corrected chi connectivity index (χ1v) is 11.2. The van der Waals surface area contributed by atoms with E-state index in [1.54, 1.807) is 54.8 Å². The Morgan fingerprint density at radius 3 is 2.58 bits per heavy atom.